The number of halogens is 1. The van der Waals surface area contributed by atoms with E-state index in [2.05, 4.69) is 10.5 Å². The third-order valence-corrected chi connectivity index (χ3v) is 6.04. The lowest BCUT2D eigenvalue weighted by Crippen LogP contribution is -2.29. The third-order valence-electron chi connectivity index (χ3n) is 5.80. The van der Waals surface area contributed by atoms with Gasteiger partial charge in [-0.15, -0.1) is 0 Å². The van der Waals surface area contributed by atoms with E-state index < -0.39 is 0 Å². The topological polar surface area (TPSA) is 75.4 Å². The Balaban J connectivity index is 1.62. The fraction of sp³-hybridized carbons (Fsp3) is 0.217. The molecule has 3 aromatic rings. The first-order valence-corrected chi connectivity index (χ1v) is 9.93. The molecule has 0 fully saturated rings. The van der Waals surface area contributed by atoms with Gasteiger partial charge in [0.2, 0.25) is 5.88 Å². The van der Waals surface area contributed by atoms with Crippen LogP contribution in [0.1, 0.15) is 47.1 Å². The van der Waals surface area contributed by atoms with E-state index in [4.69, 9.17) is 16.1 Å². The lowest BCUT2D eigenvalue weighted by molar-refractivity contribution is -0.116. The van der Waals surface area contributed by atoms with Crippen LogP contribution in [0.2, 0.25) is 5.02 Å². The molecule has 146 valence electrons. The Labute approximate surface area is 173 Å². The molecule has 2 aliphatic rings. The molecule has 1 aliphatic heterocycles. The number of aromatic nitrogens is 1. The Morgan fingerprint density at radius 3 is 2.69 bits per heavy atom. The van der Waals surface area contributed by atoms with Crippen molar-refractivity contribution in [3.63, 3.8) is 0 Å². The summed E-state index contributed by atoms with van der Waals surface area (Å²) in [6.07, 6.45) is 1.10. The van der Waals surface area contributed by atoms with Gasteiger partial charge in [0.05, 0.1) is 11.3 Å². The number of phenolic OH excluding ortho intramolecular Hbond substituents is 1. The van der Waals surface area contributed by atoms with E-state index in [-0.39, 0.29) is 23.4 Å². The van der Waals surface area contributed by atoms with E-state index in [1.165, 1.54) is 0 Å². The number of rotatable bonds is 2. The summed E-state index contributed by atoms with van der Waals surface area (Å²) in [6, 6.07) is 14.7. The van der Waals surface area contributed by atoms with Crippen molar-refractivity contribution < 1.29 is 14.4 Å². The molecular weight excluding hydrogens is 388 g/mol. The minimum absolute atomic E-state index is 0.0416. The quantitative estimate of drug-likeness (QED) is 0.604. The zero-order valence-corrected chi connectivity index (χ0v) is 16.5. The summed E-state index contributed by atoms with van der Waals surface area (Å²) in [6.45, 7) is 1.89. The normalized spacial score (nSPS) is 20.8. The molecule has 5 rings (SSSR count). The summed E-state index contributed by atoms with van der Waals surface area (Å²) in [5, 5.41) is 17.7. The molecule has 5 nitrogen and oxygen atoms in total. The van der Waals surface area contributed by atoms with Crippen LogP contribution in [0.25, 0.3) is 0 Å². The predicted molar refractivity (Wildman–Crippen MR) is 110 cm³/mol. The van der Waals surface area contributed by atoms with Crippen molar-refractivity contribution in [3.8, 4) is 5.75 Å². The fourth-order valence-corrected chi connectivity index (χ4v) is 4.67. The van der Waals surface area contributed by atoms with Crippen LogP contribution in [0, 0.1) is 6.92 Å². The summed E-state index contributed by atoms with van der Waals surface area (Å²) in [5.74, 6) is 0.701. The smallest absolute Gasteiger partial charge is 0.233 e. The largest absolute Gasteiger partial charge is 0.508 e. The van der Waals surface area contributed by atoms with Crippen molar-refractivity contribution in [3.05, 3.63) is 87.2 Å². The second kappa shape index (κ2) is 6.78. The number of fused-ring (bicyclic) bond motifs is 1. The van der Waals surface area contributed by atoms with Gasteiger partial charge in [0.15, 0.2) is 5.78 Å². The molecule has 0 amide bonds. The van der Waals surface area contributed by atoms with Crippen molar-refractivity contribution >= 4 is 23.3 Å². The molecule has 2 atom stereocenters. The summed E-state index contributed by atoms with van der Waals surface area (Å²) >= 11 is 6.26. The second-order valence-electron chi connectivity index (χ2n) is 7.64. The number of phenols is 1. The molecule has 1 aliphatic carbocycles. The SMILES string of the molecule is Cc1noc2c1[C@H](c1cccc(Cl)c1)C1=C(C[C@H](c3ccc(O)cc3)CC1=O)N2. The van der Waals surface area contributed by atoms with E-state index in [9.17, 15) is 9.90 Å². The monoisotopic (exact) mass is 406 g/mol. The zero-order chi connectivity index (χ0) is 20.1. The van der Waals surface area contributed by atoms with Crippen molar-refractivity contribution in [1.82, 2.24) is 5.16 Å². The number of aromatic hydroxyl groups is 1. The van der Waals surface area contributed by atoms with Crippen molar-refractivity contribution in [1.29, 1.82) is 0 Å². The fourth-order valence-electron chi connectivity index (χ4n) is 4.47. The summed E-state index contributed by atoms with van der Waals surface area (Å²) in [4.78, 5) is 13.4. The highest BCUT2D eigenvalue weighted by atomic mass is 35.5. The molecule has 0 saturated carbocycles. The van der Waals surface area contributed by atoms with E-state index in [0.717, 1.165) is 33.7 Å². The van der Waals surface area contributed by atoms with Crippen LogP contribution >= 0.6 is 11.6 Å². The van der Waals surface area contributed by atoms with Gasteiger partial charge >= 0.3 is 0 Å². The van der Waals surface area contributed by atoms with E-state index >= 15 is 0 Å². The number of nitrogens with one attached hydrogen (secondary N) is 1. The van der Waals surface area contributed by atoms with Crippen LogP contribution in [-0.4, -0.2) is 16.0 Å². The predicted octanol–water partition coefficient (Wildman–Crippen LogP) is 5.30. The van der Waals surface area contributed by atoms with Gasteiger partial charge in [0.1, 0.15) is 5.75 Å². The minimum Gasteiger partial charge on any atom is -0.508 e. The maximum atomic E-state index is 13.4. The number of allylic oxidation sites excluding steroid dienone is 2. The highest BCUT2D eigenvalue weighted by Crippen LogP contribution is 2.49. The molecule has 6 heteroatoms. The lowest BCUT2D eigenvalue weighted by Gasteiger charge is -2.34. The van der Waals surface area contributed by atoms with Gasteiger partial charge in [-0.05, 0) is 54.7 Å². The van der Waals surface area contributed by atoms with Crippen molar-refractivity contribution in [2.24, 2.45) is 0 Å². The zero-order valence-electron chi connectivity index (χ0n) is 15.8. The highest BCUT2D eigenvalue weighted by molar-refractivity contribution is 6.30. The summed E-state index contributed by atoms with van der Waals surface area (Å²) in [5.41, 5.74) is 5.27. The molecule has 29 heavy (non-hydrogen) atoms. The van der Waals surface area contributed by atoms with E-state index in [0.29, 0.717) is 23.7 Å². The number of anilines is 1. The number of carbonyl (C=O) groups is 1. The first-order valence-electron chi connectivity index (χ1n) is 9.55. The average Bonchev–Trinajstić information content (AvgIpc) is 3.07. The van der Waals surface area contributed by atoms with Gasteiger partial charge in [-0.2, -0.15) is 0 Å². The van der Waals surface area contributed by atoms with Crippen molar-refractivity contribution in [2.75, 3.05) is 5.32 Å². The Morgan fingerprint density at radius 1 is 1.14 bits per heavy atom. The lowest BCUT2D eigenvalue weighted by atomic mass is 9.72. The van der Waals surface area contributed by atoms with Crippen molar-refractivity contribution in [2.45, 2.75) is 31.6 Å². The molecular formula is C23H19ClN2O3. The minimum atomic E-state index is -0.250. The Hall–Kier alpha value is -3.05. The van der Waals surface area contributed by atoms with Crippen LogP contribution in [-0.2, 0) is 4.79 Å². The highest BCUT2D eigenvalue weighted by Gasteiger charge is 2.41. The maximum Gasteiger partial charge on any atom is 0.233 e. The molecule has 0 saturated heterocycles. The molecule has 0 spiro atoms. The number of hydrogen-bond acceptors (Lipinski definition) is 5. The molecule has 2 aromatic carbocycles. The van der Waals surface area contributed by atoms with Gasteiger partial charge in [0.25, 0.3) is 0 Å². The number of aryl methyl sites for hydroxylation is 1. The van der Waals surface area contributed by atoms with Crippen LogP contribution in [0.15, 0.2) is 64.3 Å². The first kappa shape index (κ1) is 18.0. The number of nitrogens with zero attached hydrogens (tertiary/aromatic N) is 1. The molecule has 1 aromatic heterocycles. The van der Waals surface area contributed by atoms with Crippen LogP contribution < -0.4 is 5.32 Å². The van der Waals surface area contributed by atoms with Crippen LogP contribution in [0.3, 0.4) is 0 Å². The standard InChI is InChI=1S/C23H19ClN2O3/c1-12-20-21(14-3-2-4-16(24)9-14)22-18(25-23(20)29-26-12)10-15(11-19(22)28)13-5-7-17(27)8-6-13/h2-9,15,21,25,27H,10-11H2,1H3/t15-,21-/m0/s1. The van der Waals surface area contributed by atoms with Gasteiger partial charge in [-0.1, -0.05) is 41.0 Å². The molecule has 2 N–H and O–H groups in total. The Kier molecular flexibility index (Phi) is 4.21. The second-order valence-corrected chi connectivity index (χ2v) is 8.07. The Morgan fingerprint density at radius 2 is 1.93 bits per heavy atom. The number of carbonyl (C=O) groups excluding carboxylic acids is 1. The van der Waals surface area contributed by atoms with E-state index in [1.54, 1.807) is 12.1 Å². The average molecular weight is 407 g/mol. The van der Waals surface area contributed by atoms with Crippen LogP contribution in [0.4, 0.5) is 5.88 Å². The molecule has 0 radical (unpaired) electrons. The number of ketones is 1. The van der Waals surface area contributed by atoms with E-state index in [1.807, 2.05) is 43.3 Å². The third kappa shape index (κ3) is 3.02. The van der Waals surface area contributed by atoms with Gasteiger partial charge < -0.3 is 14.9 Å². The summed E-state index contributed by atoms with van der Waals surface area (Å²) in [7, 11) is 0. The van der Waals surface area contributed by atoms with Gasteiger partial charge in [-0.3, -0.25) is 4.79 Å². The maximum absolute atomic E-state index is 13.4. The molecule has 2 heterocycles. The number of hydrogen-bond donors (Lipinski definition) is 2. The number of benzene rings is 2. The van der Waals surface area contributed by atoms with Gasteiger partial charge in [-0.25, -0.2) is 0 Å². The number of Topliss-reactive ketones (excluding diaryl/α,β-unsaturated/α-hetero) is 1. The Bertz CT molecular complexity index is 1150. The first-order chi connectivity index (χ1) is 14.0. The molecule has 0 bridgehead atoms. The summed E-state index contributed by atoms with van der Waals surface area (Å²) < 4.78 is 5.54. The molecule has 0 unspecified atom stereocenters. The van der Waals surface area contributed by atoms with Crippen LogP contribution in [0.5, 0.6) is 5.75 Å². The van der Waals surface area contributed by atoms with Gasteiger partial charge in [0, 0.05) is 28.6 Å².